The van der Waals surface area contributed by atoms with Crippen LogP contribution in [0.25, 0.3) is 0 Å². The summed E-state index contributed by atoms with van der Waals surface area (Å²) in [6.07, 6.45) is 0.914. The van der Waals surface area contributed by atoms with Gasteiger partial charge < -0.3 is 20.5 Å². The lowest BCUT2D eigenvalue weighted by Crippen LogP contribution is -2.39. The number of rotatable bonds is 4. The van der Waals surface area contributed by atoms with Gasteiger partial charge in [-0.3, -0.25) is 4.79 Å². The fourth-order valence-electron chi connectivity index (χ4n) is 2.70. The quantitative estimate of drug-likeness (QED) is 0.819. The third-order valence-corrected chi connectivity index (χ3v) is 3.82. The Bertz CT molecular complexity index is 490. The monoisotopic (exact) mass is 278 g/mol. The first kappa shape index (κ1) is 14.7. The summed E-state index contributed by atoms with van der Waals surface area (Å²) < 4.78 is 5.41. The molecule has 5 nitrogen and oxygen atoms in total. The summed E-state index contributed by atoms with van der Waals surface area (Å²) in [5, 5.41) is 9.45. The van der Waals surface area contributed by atoms with Crippen LogP contribution in [0.1, 0.15) is 30.6 Å². The number of amides is 1. The number of aliphatic hydroxyl groups excluding tert-OH is 1. The Labute approximate surface area is 119 Å². The van der Waals surface area contributed by atoms with Crippen LogP contribution in [0.4, 0.5) is 5.69 Å². The number of anilines is 1. The van der Waals surface area contributed by atoms with E-state index in [9.17, 15) is 9.90 Å². The van der Waals surface area contributed by atoms with Gasteiger partial charge in [0.05, 0.1) is 19.3 Å². The first-order chi connectivity index (χ1) is 9.56. The van der Waals surface area contributed by atoms with Crippen molar-refractivity contribution in [1.29, 1.82) is 0 Å². The molecular weight excluding hydrogens is 256 g/mol. The maximum atomic E-state index is 12.6. The SMILES string of the molecule is CCOc1cc(N)cc(C(=O)N2CCC(C)C2CO)c1. The van der Waals surface area contributed by atoms with E-state index < -0.39 is 0 Å². The lowest BCUT2D eigenvalue weighted by molar-refractivity contribution is 0.0648. The summed E-state index contributed by atoms with van der Waals surface area (Å²) in [4.78, 5) is 14.3. The molecule has 1 aliphatic heterocycles. The Morgan fingerprint density at radius 1 is 1.50 bits per heavy atom. The summed E-state index contributed by atoms with van der Waals surface area (Å²) in [5.74, 6) is 0.821. The van der Waals surface area contributed by atoms with Crippen LogP contribution in [0, 0.1) is 5.92 Å². The number of carbonyl (C=O) groups excluding carboxylic acids is 1. The van der Waals surface area contributed by atoms with Crippen LogP contribution in [0.3, 0.4) is 0 Å². The molecule has 1 fully saturated rings. The van der Waals surface area contributed by atoms with Gasteiger partial charge in [0.15, 0.2) is 0 Å². The van der Waals surface area contributed by atoms with Gasteiger partial charge in [0.1, 0.15) is 5.75 Å². The minimum absolute atomic E-state index is 0.00641. The largest absolute Gasteiger partial charge is 0.494 e. The van der Waals surface area contributed by atoms with Crippen molar-refractivity contribution in [3.8, 4) is 5.75 Å². The molecule has 2 unspecified atom stereocenters. The van der Waals surface area contributed by atoms with E-state index in [-0.39, 0.29) is 18.6 Å². The summed E-state index contributed by atoms with van der Waals surface area (Å²) in [6.45, 7) is 5.13. The zero-order valence-corrected chi connectivity index (χ0v) is 12.0. The fraction of sp³-hybridized carbons (Fsp3) is 0.533. The number of nitrogens with zero attached hydrogens (tertiary/aromatic N) is 1. The zero-order chi connectivity index (χ0) is 14.7. The molecule has 20 heavy (non-hydrogen) atoms. The Morgan fingerprint density at radius 2 is 2.25 bits per heavy atom. The number of benzene rings is 1. The highest BCUT2D eigenvalue weighted by Gasteiger charge is 2.34. The Kier molecular flexibility index (Phi) is 4.49. The normalized spacial score (nSPS) is 22.1. The van der Waals surface area contributed by atoms with E-state index in [2.05, 4.69) is 6.92 Å². The molecule has 1 aromatic rings. The van der Waals surface area contributed by atoms with Crippen molar-refractivity contribution in [1.82, 2.24) is 4.90 Å². The maximum Gasteiger partial charge on any atom is 0.254 e. The lowest BCUT2D eigenvalue weighted by Gasteiger charge is -2.25. The predicted molar refractivity (Wildman–Crippen MR) is 77.7 cm³/mol. The van der Waals surface area contributed by atoms with Crippen molar-refractivity contribution in [3.05, 3.63) is 23.8 Å². The van der Waals surface area contributed by atoms with E-state index >= 15 is 0 Å². The van der Waals surface area contributed by atoms with Crippen molar-refractivity contribution >= 4 is 11.6 Å². The number of likely N-dealkylation sites (tertiary alicyclic amines) is 1. The summed E-state index contributed by atoms with van der Waals surface area (Å²) >= 11 is 0. The average molecular weight is 278 g/mol. The van der Waals surface area contributed by atoms with E-state index in [0.717, 1.165) is 6.42 Å². The van der Waals surface area contributed by atoms with Gasteiger partial charge in [0, 0.05) is 23.9 Å². The first-order valence-electron chi connectivity index (χ1n) is 7.02. The average Bonchev–Trinajstić information content (AvgIpc) is 2.78. The highest BCUT2D eigenvalue weighted by atomic mass is 16.5. The molecule has 0 bridgehead atoms. The van der Waals surface area contributed by atoms with Crippen molar-refractivity contribution in [2.45, 2.75) is 26.3 Å². The van der Waals surface area contributed by atoms with E-state index in [0.29, 0.717) is 36.1 Å². The van der Waals surface area contributed by atoms with Crippen molar-refractivity contribution in [2.75, 3.05) is 25.5 Å². The molecule has 2 atom stereocenters. The third-order valence-electron chi connectivity index (χ3n) is 3.82. The maximum absolute atomic E-state index is 12.6. The molecule has 0 spiro atoms. The molecule has 1 amide bonds. The van der Waals surface area contributed by atoms with Crippen LogP contribution in [0.15, 0.2) is 18.2 Å². The van der Waals surface area contributed by atoms with Crippen LogP contribution in [0.5, 0.6) is 5.75 Å². The number of nitrogen functional groups attached to an aromatic ring is 1. The predicted octanol–water partition coefficient (Wildman–Crippen LogP) is 1.51. The van der Waals surface area contributed by atoms with Crippen LogP contribution >= 0.6 is 0 Å². The Balaban J connectivity index is 2.24. The number of hydrogen-bond donors (Lipinski definition) is 2. The molecule has 0 saturated carbocycles. The minimum Gasteiger partial charge on any atom is -0.494 e. The first-order valence-corrected chi connectivity index (χ1v) is 7.02. The standard InChI is InChI=1S/C15H22N2O3/c1-3-20-13-7-11(6-12(16)8-13)15(19)17-5-4-10(2)14(17)9-18/h6-8,10,14,18H,3-5,9,16H2,1-2H3. The van der Waals surface area contributed by atoms with Crippen molar-refractivity contribution in [2.24, 2.45) is 5.92 Å². The number of nitrogens with two attached hydrogens (primary N) is 1. The van der Waals surface area contributed by atoms with Gasteiger partial charge in [-0.15, -0.1) is 0 Å². The second-order valence-electron chi connectivity index (χ2n) is 5.24. The van der Waals surface area contributed by atoms with Gasteiger partial charge in [-0.25, -0.2) is 0 Å². The molecule has 5 heteroatoms. The van der Waals surface area contributed by atoms with E-state index in [1.165, 1.54) is 0 Å². The number of aliphatic hydroxyl groups is 1. The van der Waals surface area contributed by atoms with Gasteiger partial charge >= 0.3 is 0 Å². The van der Waals surface area contributed by atoms with Crippen LogP contribution in [-0.2, 0) is 0 Å². The number of carbonyl (C=O) groups is 1. The van der Waals surface area contributed by atoms with Gasteiger partial charge in [0.2, 0.25) is 0 Å². The fourth-order valence-corrected chi connectivity index (χ4v) is 2.70. The highest BCUT2D eigenvalue weighted by molar-refractivity contribution is 5.96. The smallest absolute Gasteiger partial charge is 0.254 e. The van der Waals surface area contributed by atoms with Gasteiger partial charge in [0.25, 0.3) is 5.91 Å². The van der Waals surface area contributed by atoms with Crippen LogP contribution in [0.2, 0.25) is 0 Å². The van der Waals surface area contributed by atoms with Gasteiger partial charge in [-0.05, 0) is 31.4 Å². The Morgan fingerprint density at radius 3 is 2.90 bits per heavy atom. The molecule has 1 saturated heterocycles. The number of hydrogen-bond acceptors (Lipinski definition) is 4. The summed E-state index contributed by atoms with van der Waals surface area (Å²) in [6, 6.07) is 4.96. The molecule has 110 valence electrons. The van der Waals surface area contributed by atoms with E-state index in [1.54, 1.807) is 23.1 Å². The molecule has 3 N–H and O–H groups in total. The van der Waals surface area contributed by atoms with Crippen LogP contribution < -0.4 is 10.5 Å². The molecule has 2 rings (SSSR count). The zero-order valence-electron chi connectivity index (χ0n) is 12.0. The minimum atomic E-state index is -0.112. The molecular formula is C15H22N2O3. The molecule has 0 aliphatic carbocycles. The topological polar surface area (TPSA) is 75.8 Å². The lowest BCUT2D eigenvalue weighted by atomic mass is 10.0. The van der Waals surface area contributed by atoms with E-state index in [1.807, 2.05) is 6.92 Å². The third kappa shape index (κ3) is 2.88. The van der Waals surface area contributed by atoms with Gasteiger partial charge in [-0.1, -0.05) is 6.92 Å². The van der Waals surface area contributed by atoms with Crippen molar-refractivity contribution in [3.63, 3.8) is 0 Å². The molecule has 1 aliphatic rings. The number of ether oxygens (including phenoxy) is 1. The molecule has 1 aromatic carbocycles. The summed E-state index contributed by atoms with van der Waals surface area (Å²) in [7, 11) is 0. The molecule has 0 radical (unpaired) electrons. The molecule has 0 aromatic heterocycles. The van der Waals surface area contributed by atoms with Crippen LogP contribution in [-0.4, -0.2) is 41.7 Å². The van der Waals surface area contributed by atoms with Crippen molar-refractivity contribution < 1.29 is 14.6 Å². The van der Waals surface area contributed by atoms with Gasteiger partial charge in [-0.2, -0.15) is 0 Å². The molecule has 1 heterocycles. The second kappa shape index (κ2) is 6.13. The highest BCUT2D eigenvalue weighted by Crippen LogP contribution is 2.27. The second-order valence-corrected chi connectivity index (χ2v) is 5.24. The van der Waals surface area contributed by atoms with E-state index in [4.69, 9.17) is 10.5 Å². The summed E-state index contributed by atoms with van der Waals surface area (Å²) in [5.41, 5.74) is 6.84. The Hall–Kier alpha value is -1.75.